The predicted octanol–water partition coefficient (Wildman–Crippen LogP) is 5.71. The van der Waals surface area contributed by atoms with Gasteiger partial charge < -0.3 is 22.6 Å². The number of hydrogen-bond donors (Lipinski definition) is 0. The first-order valence-corrected chi connectivity index (χ1v) is 13.7. The van der Waals surface area contributed by atoms with E-state index in [1.165, 1.54) is 55.6 Å². The van der Waals surface area contributed by atoms with Crippen LogP contribution in [-0.2, 0) is 21.0 Å². The van der Waals surface area contributed by atoms with Gasteiger partial charge in [-0.05, 0) is 60.2 Å². The van der Waals surface area contributed by atoms with E-state index in [-0.39, 0.29) is 23.0 Å². The highest BCUT2D eigenvalue weighted by atomic mass is 32.3. The second kappa shape index (κ2) is 11.6. The molecule has 0 saturated carbocycles. The van der Waals surface area contributed by atoms with Crippen LogP contribution in [0.4, 0.5) is 7.77 Å². The fourth-order valence-electron chi connectivity index (χ4n) is 3.59. The molecule has 0 atom stereocenters. The smallest absolute Gasteiger partial charge is 0.488 e. The van der Waals surface area contributed by atoms with Gasteiger partial charge in [0.25, 0.3) is 6.29 Å². The van der Waals surface area contributed by atoms with Crippen LogP contribution >= 0.6 is 0 Å². The third kappa shape index (κ3) is 7.82. The van der Waals surface area contributed by atoms with Gasteiger partial charge in [0, 0.05) is 11.1 Å². The van der Waals surface area contributed by atoms with E-state index in [1.54, 1.807) is 18.2 Å². The second-order valence-corrected chi connectivity index (χ2v) is 9.66. The van der Waals surface area contributed by atoms with Gasteiger partial charge in [-0.2, -0.15) is 16.8 Å². The third-order valence-electron chi connectivity index (χ3n) is 5.14. The molecule has 4 aromatic carbocycles. The number of halogens is 2. The molecule has 39 heavy (non-hydrogen) atoms. The monoisotopic (exact) mass is 578 g/mol. The standard InChI is InChI=1S/C26H20F2O9S2/c1-33-25-9-5-4-7-23(25)22-6-2-3-8-24(22)26(34-18-10-14-20(15-11-18)36-38(27,29)30)35-19-12-16-21(17-13-19)37-39(28,31)32/h2-17,26H,1H3. The number of rotatable bonds is 11. The number of methoxy groups -OCH3 is 1. The molecule has 0 saturated heterocycles. The van der Waals surface area contributed by atoms with Crippen LogP contribution in [0, 0.1) is 0 Å². The molecule has 0 amide bonds. The van der Waals surface area contributed by atoms with Crippen molar-refractivity contribution in [2.75, 3.05) is 7.11 Å². The maximum atomic E-state index is 12.9. The lowest BCUT2D eigenvalue weighted by Crippen LogP contribution is -2.16. The molecule has 9 nitrogen and oxygen atoms in total. The lowest BCUT2D eigenvalue weighted by molar-refractivity contribution is 0.00421. The zero-order valence-electron chi connectivity index (χ0n) is 20.1. The average Bonchev–Trinajstić information content (AvgIpc) is 2.89. The fraction of sp³-hybridized carbons (Fsp3) is 0.0769. The number of ether oxygens (including phenoxy) is 3. The lowest BCUT2D eigenvalue weighted by Gasteiger charge is -2.24. The van der Waals surface area contributed by atoms with Crippen molar-refractivity contribution in [2.24, 2.45) is 0 Å². The Hall–Kier alpha value is -4.36. The van der Waals surface area contributed by atoms with Crippen LogP contribution in [0.2, 0.25) is 0 Å². The average molecular weight is 579 g/mol. The summed E-state index contributed by atoms with van der Waals surface area (Å²) in [6, 6.07) is 24.6. The van der Waals surface area contributed by atoms with Crippen molar-refractivity contribution in [1.29, 1.82) is 0 Å². The highest BCUT2D eigenvalue weighted by Crippen LogP contribution is 2.37. The first kappa shape index (κ1) is 27.7. The summed E-state index contributed by atoms with van der Waals surface area (Å²) in [5, 5.41) is 0. The molecule has 0 spiro atoms. The summed E-state index contributed by atoms with van der Waals surface area (Å²) in [5.74, 6) is 0.473. The van der Waals surface area contributed by atoms with E-state index < -0.39 is 27.3 Å². The summed E-state index contributed by atoms with van der Waals surface area (Å²) >= 11 is 0. The molecule has 0 aliphatic rings. The number of hydrogen-bond acceptors (Lipinski definition) is 9. The van der Waals surface area contributed by atoms with E-state index in [9.17, 15) is 24.6 Å². The van der Waals surface area contributed by atoms with E-state index in [2.05, 4.69) is 8.37 Å². The summed E-state index contributed by atoms with van der Waals surface area (Å²) < 4.78 is 94.9. The van der Waals surface area contributed by atoms with Crippen LogP contribution in [0.15, 0.2) is 97.1 Å². The fourth-order valence-corrected chi connectivity index (χ4v) is 4.27. The van der Waals surface area contributed by atoms with Gasteiger partial charge in [-0.25, -0.2) is 0 Å². The summed E-state index contributed by atoms with van der Waals surface area (Å²) in [6.07, 6.45) is -1.13. The molecule has 0 heterocycles. The van der Waals surface area contributed by atoms with E-state index in [0.29, 0.717) is 16.9 Å². The summed E-state index contributed by atoms with van der Waals surface area (Å²) in [6.45, 7) is 0. The molecule has 0 aliphatic heterocycles. The second-order valence-electron chi connectivity index (χ2n) is 7.75. The molecule has 4 aromatic rings. The van der Waals surface area contributed by atoms with Crippen LogP contribution in [-0.4, -0.2) is 23.9 Å². The molecule has 13 heteroatoms. The first-order valence-electron chi connectivity index (χ1n) is 11.0. The van der Waals surface area contributed by atoms with Crippen molar-refractivity contribution in [3.05, 3.63) is 103 Å². The quantitative estimate of drug-likeness (QED) is 0.163. The molecule has 0 radical (unpaired) electrons. The van der Waals surface area contributed by atoms with Crippen molar-refractivity contribution >= 4 is 21.0 Å². The normalized spacial score (nSPS) is 11.6. The largest absolute Gasteiger partial charge is 0.496 e. The van der Waals surface area contributed by atoms with Crippen molar-refractivity contribution in [3.63, 3.8) is 0 Å². The van der Waals surface area contributed by atoms with Crippen LogP contribution in [0.3, 0.4) is 0 Å². The van der Waals surface area contributed by atoms with E-state index >= 15 is 0 Å². The van der Waals surface area contributed by atoms with E-state index in [4.69, 9.17) is 14.2 Å². The van der Waals surface area contributed by atoms with Crippen LogP contribution < -0.4 is 22.6 Å². The zero-order chi connectivity index (χ0) is 28.0. The Morgan fingerprint density at radius 3 is 1.44 bits per heavy atom. The predicted molar refractivity (Wildman–Crippen MR) is 137 cm³/mol. The molecule has 4 rings (SSSR count). The minimum Gasteiger partial charge on any atom is -0.496 e. The Morgan fingerprint density at radius 1 is 0.564 bits per heavy atom. The third-order valence-corrected chi connectivity index (χ3v) is 5.92. The van der Waals surface area contributed by atoms with Gasteiger partial charge in [-0.15, -0.1) is 0 Å². The number of para-hydroxylation sites is 1. The van der Waals surface area contributed by atoms with E-state index in [0.717, 1.165) is 5.56 Å². The molecule has 0 unspecified atom stereocenters. The highest BCUT2D eigenvalue weighted by molar-refractivity contribution is 7.82. The zero-order valence-corrected chi connectivity index (χ0v) is 21.7. The minimum atomic E-state index is -5.20. The van der Waals surface area contributed by atoms with Crippen molar-refractivity contribution in [2.45, 2.75) is 6.29 Å². The van der Waals surface area contributed by atoms with Gasteiger partial charge in [0.15, 0.2) is 0 Å². The SMILES string of the molecule is COc1ccccc1-c1ccccc1C(Oc1ccc(OS(=O)(=O)F)cc1)Oc1ccc(OS(=O)(=O)F)cc1. The lowest BCUT2D eigenvalue weighted by atomic mass is 9.98. The molecule has 0 fully saturated rings. The van der Waals surface area contributed by atoms with Gasteiger partial charge in [-0.1, -0.05) is 50.2 Å². The topological polar surface area (TPSA) is 114 Å². The van der Waals surface area contributed by atoms with Gasteiger partial charge in [0.1, 0.15) is 28.7 Å². The first-order chi connectivity index (χ1) is 18.5. The summed E-state index contributed by atoms with van der Waals surface area (Å²) in [4.78, 5) is 0. The van der Waals surface area contributed by atoms with Gasteiger partial charge in [-0.3, -0.25) is 0 Å². The Bertz CT molecular complexity index is 1560. The highest BCUT2D eigenvalue weighted by Gasteiger charge is 2.22. The number of benzene rings is 4. The Balaban J connectivity index is 1.71. The van der Waals surface area contributed by atoms with Crippen LogP contribution in [0.5, 0.6) is 28.7 Å². The Morgan fingerprint density at radius 2 is 0.974 bits per heavy atom. The molecule has 0 aromatic heterocycles. The van der Waals surface area contributed by atoms with Crippen LogP contribution in [0.1, 0.15) is 11.9 Å². The Kier molecular flexibility index (Phi) is 8.21. The van der Waals surface area contributed by atoms with Crippen molar-refractivity contribution in [1.82, 2.24) is 0 Å². The molecule has 0 N–H and O–H groups in total. The maximum Gasteiger partial charge on any atom is 0.488 e. The van der Waals surface area contributed by atoms with Crippen LogP contribution in [0.25, 0.3) is 11.1 Å². The Labute approximate surface area is 223 Å². The summed E-state index contributed by atoms with van der Waals surface area (Å²) in [7, 11) is -8.87. The molecule has 0 aliphatic carbocycles. The van der Waals surface area contributed by atoms with E-state index in [1.807, 2.05) is 30.3 Å². The van der Waals surface area contributed by atoms with Gasteiger partial charge >= 0.3 is 21.0 Å². The molecule has 204 valence electrons. The van der Waals surface area contributed by atoms with Gasteiger partial charge in [0.2, 0.25) is 0 Å². The molecule has 0 bridgehead atoms. The molecular weight excluding hydrogens is 558 g/mol. The van der Waals surface area contributed by atoms with Gasteiger partial charge in [0.05, 0.1) is 7.11 Å². The van der Waals surface area contributed by atoms with Crippen molar-refractivity contribution in [3.8, 4) is 39.9 Å². The van der Waals surface area contributed by atoms with Crippen molar-refractivity contribution < 1.29 is 47.2 Å². The molecular formula is C26H20F2O9S2. The summed E-state index contributed by atoms with van der Waals surface area (Å²) in [5.41, 5.74) is 1.99. The minimum absolute atomic E-state index is 0.210. The maximum absolute atomic E-state index is 12.9.